The molecule has 0 bridgehead atoms. The average molecular weight is 438 g/mol. The smallest absolute Gasteiger partial charge is 0.276 e. The molecule has 0 saturated heterocycles. The highest BCUT2D eigenvalue weighted by atomic mass is 16.3. The second-order valence-corrected chi connectivity index (χ2v) is 9.19. The number of rotatable bonds is 6. The van der Waals surface area contributed by atoms with Gasteiger partial charge in [0.15, 0.2) is 0 Å². The van der Waals surface area contributed by atoms with E-state index in [1.54, 1.807) is 23.6 Å². The third kappa shape index (κ3) is 3.44. The van der Waals surface area contributed by atoms with E-state index in [0.717, 1.165) is 19.1 Å². The normalized spacial score (nSPS) is 25.2. The van der Waals surface area contributed by atoms with Crippen molar-refractivity contribution in [1.29, 1.82) is 0 Å². The SMILES string of the molecule is Cc1cc(Nc2cc(NCC3(C=O)CC3)ncn2)c(=O)n2c1C(=O)NC21CCC(O)CC1. The molecule has 3 aliphatic rings. The number of aliphatic hydroxyl groups is 1. The van der Waals surface area contributed by atoms with Crippen LogP contribution in [0.25, 0.3) is 0 Å². The summed E-state index contributed by atoms with van der Waals surface area (Å²) in [4.78, 5) is 45.7. The van der Waals surface area contributed by atoms with Gasteiger partial charge in [0, 0.05) is 18.0 Å². The van der Waals surface area contributed by atoms with E-state index in [1.807, 2.05) is 0 Å². The van der Waals surface area contributed by atoms with Crippen LogP contribution in [0.15, 0.2) is 23.3 Å². The van der Waals surface area contributed by atoms with Gasteiger partial charge in [-0.2, -0.15) is 0 Å². The molecule has 3 heterocycles. The summed E-state index contributed by atoms with van der Waals surface area (Å²) < 4.78 is 1.56. The van der Waals surface area contributed by atoms with Gasteiger partial charge in [0.05, 0.1) is 6.10 Å². The summed E-state index contributed by atoms with van der Waals surface area (Å²) in [6.07, 6.45) is 5.74. The summed E-state index contributed by atoms with van der Waals surface area (Å²) in [6.45, 7) is 2.31. The van der Waals surface area contributed by atoms with Gasteiger partial charge in [0.1, 0.15) is 41.3 Å². The van der Waals surface area contributed by atoms with Crippen LogP contribution in [0.2, 0.25) is 0 Å². The molecule has 2 aromatic rings. The van der Waals surface area contributed by atoms with E-state index < -0.39 is 11.8 Å². The summed E-state index contributed by atoms with van der Waals surface area (Å²) >= 11 is 0. The molecule has 2 fully saturated rings. The van der Waals surface area contributed by atoms with Gasteiger partial charge in [0.25, 0.3) is 11.5 Å². The number of aldehydes is 1. The molecule has 0 unspecified atom stereocenters. The first-order chi connectivity index (χ1) is 15.3. The zero-order chi connectivity index (χ0) is 22.5. The quantitative estimate of drug-likeness (QED) is 0.497. The number of anilines is 3. The van der Waals surface area contributed by atoms with Gasteiger partial charge in [-0.25, -0.2) is 9.97 Å². The molecule has 2 aliphatic carbocycles. The van der Waals surface area contributed by atoms with Crippen LogP contribution in [0.4, 0.5) is 17.3 Å². The van der Waals surface area contributed by atoms with E-state index in [4.69, 9.17) is 0 Å². The number of aromatic nitrogens is 3. The van der Waals surface area contributed by atoms with Crippen molar-refractivity contribution in [3.05, 3.63) is 40.1 Å². The van der Waals surface area contributed by atoms with Crippen molar-refractivity contribution in [3.8, 4) is 0 Å². The summed E-state index contributed by atoms with van der Waals surface area (Å²) in [5.74, 6) is 0.726. The Morgan fingerprint density at radius 3 is 2.59 bits per heavy atom. The van der Waals surface area contributed by atoms with Crippen molar-refractivity contribution >= 4 is 29.5 Å². The molecule has 2 saturated carbocycles. The minimum atomic E-state index is -0.809. The second kappa shape index (κ2) is 7.40. The van der Waals surface area contributed by atoms with E-state index >= 15 is 0 Å². The maximum absolute atomic E-state index is 13.5. The van der Waals surface area contributed by atoms with Crippen LogP contribution < -0.4 is 21.5 Å². The van der Waals surface area contributed by atoms with E-state index in [1.165, 1.54) is 6.33 Å². The number of nitrogens with zero attached hydrogens (tertiary/aromatic N) is 3. The second-order valence-electron chi connectivity index (χ2n) is 9.19. The zero-order valence-corrected chi connectivity index (χ0v) is 17.9. The first-order valence-corrected chi connectivity index (χ1v) is 10.9. The first-order valence-electron chi connectivity index (χ1n) is 10.9. The fourth-order valence-electron chi connectivity index (χ4n) is 4.70. The number of carbonyl (C=O) groups is 2. The molecule has 10 heteroatoms. The van der Waals surface area contributed by atoms with Crippen LogP contribution in [-0.4, -0.2) is 44.5 Å². The predicted molar refractivity (Wildman–Crippen MR) is 117 cm³/mol. The van der Waals surface area contributed by atoms with Crippen LogP contribution in [0.3, 0.4) is 0 Å². The summed E-state index contributed by atoms with van der Waals surface area (Å²) in [6, 6.07) is 3.34. The molecule has 0 aromatic carbocycles. The largest absolute Gasteiger partial charge is 0.393 e. The molecule has 1 amide bonds. The minimum absolute atomic E-state index is 0.264. The Labute approximate surface area is 184 Å². The van der Waals surface area contributed by atoms with Gasteiger partial charge in [-0.1, -0.05) is 0 Å². The number of amides is 1. The summed E-state index contributed by atoms with van der Waals surface area (Å²) in [5.41, 5.74) is -0.0598. The summed E-state index contributed by atoms with van der Waals surface area (Å²) in [5, 5.41) is 19.2. The van der Waals surface area contributed by atoms with Crippen molar-refractivity contribution in [1.82, 2.24) is 19.9 Å². The Hall–Kier alpha value is -3.27. The van der Waals surface area contributed by atoms with Gasteiger partial charge >= 0.3 is 0 Å². The van der Waals surface area contributed by atoms with Gasteiger partial charge in [0.2, 0.25) is 0 Å². The Balaban J connectivity index is 1.44. The molecule has 10 nitrogen and oxygen atoms in total. The van der Waals surface area contributed by atoms with Crippen molar-refractivity contribution < 1.29 is 14.7 Å². The molecule has 0 atom stereocenters. The lowest BCUT2D eigenvalue weighted by Gasteiger charge is -2.37. The summed E-state index contributed by atoms with van der Waals surface area (Å²) in [7, 11) is 0. The molecular formula is C22H26N6O4. The van der Waals surface area contributed by atoms with E-state index in [-0.39, 0.29) is 16.9 Å². The fourth-order valence-corrected chi connectivity index (χ4v) is 4.70. The number of hydrogen-bond donors (Lipinski definition) is 4. The monoisotopic (exact) mass is 438 g/mol. The maximum Gasteiger partial charge on any atom is 0.276 e. The van der Waals surface area contributed by atoms with E-state index in [2.05, 4.69) is 25.9 Å². The molecule has 5 rings (SSSR count). The number of carbonyl (C=O) groups excluding carboxylic acids is 2. The highest BCUT2D eigenvalue weighted by Crippen LogP contribution is 2.43. The standard InChI is InChI=1S/C22H26N6O4/c1-13-8-15(26-17-9-16(24-12-25-17)23-10-21(11-29)6-7-21)20(32)28-18(13)19(31)27-22(28)4-2-14(30)3-5-22/h8-9,11-12,14,30H,2-7,10H2,1H3,(H,27,31)(H2,23,24,25,26). The zero-order valence-electron chi connectivity index (χ0n) is 17.9. The van der Waals surface area contributed by atoms with Crippen LogP contribution in [-0.2, 0) is 10.5 Å². The molecule has 2 aromatic heterocycles. The van der Waals surface area contributed by atoms with Gasteiger partial charge in [-0.05, 0) is 57.1 Å². The molecule has 1 spiro atoms. The lowest BCUT2D eigenvalue weighted by molar-refractivity contribution is -0.111. The number of aliphatic hydroxyl groups excluding tert-OH is 1. The van der Waals surface area contributed by atoms with Crippen LogP contribution in [0, 0.1) is 12.3 Å². The molecule has 32 heavy (non-hydrogen) atoms. The Morgan fingerprint density at radius 2 is 1.91 bits per heavy atom. The Morgan fingerprint density at radius 1 is 1.19 bits per heavy atom. The Bertz CT molecular complexity index is 1150. The van der Waals surface area contributed by atoms with Crippen LogP contribution in [0.1, 0.15) is 54.6 Å². The highest BCUT2D eigenvalue weighted by molar-refractivity contribution is 5.97. The number of hydrogen-bond acceptors (Lipinski definition) is 8. The minimum Gasteiger partial charge on any atom is -0.393 e. The Kier molecular flexibility index (Phi) is 4.77. The fraction of sp³-hybridized carbons (Fsp3) is 0.500. The van der Waals surface area contributed by atoms with Crippen molar-refractivity contribution in [2.75, 3.05) is 17.2 Å². The lowest BCUT2D eigenvalue weighted by atomic mass is 9.87. The van der Waals surface area contributed by atoms with Crippen molar-refractivity contribution in [2.45, 2.75) is 57.2 Å². The lowest BCUT2D eigenvalue weighted by Crippen LogP contribution is -2.50. The predicted octanol–water partition coefficient (Wildman–Crippen LogP) is 1.41. The molecule has 168 valence electrons. The number of nitrogens with one attached hydrogen (secondary N) is 3. The van der Waals surface area contributed by atoms with E-state index in [9.17, 15) is 19.5 Å². The first kappa shape index (κ1) is 20.6. The number of fused-ring (bicyclic) bond motifs is 2. The third-order valence-corrected chi connectivity index (χ3v) is 6.86. The van der Waals surface area contributed by atoms with Gasteiger partial charge in [-0.3, -0.25) is 14.2 Å². The van der Waals surface area contributed by atoms with Gasteiger partial charge < -0.3 is 25.9 Å². The van der Waals surface area contributed by atoms with Crippen LogP contribution >= 0.6 is 0 Å². The average Bonchev–Trinajstić information content (AvgIpc) is 3.51. The van der Waals surface area contributed by atoms with Gasteiger partial charge in [-0.15, -0.1) is 0 Å². The third-order valence-electron chi connectivity index (χ3n) is 6.86. The molecular weight excluding hydrogens is 412 g/mol. The topological polar surface area (TPSA) is 138 Å². The number of aryl methyl sites for hydroxylation is 1. The molecule has 1 aliphatic heterocycles. The van der Waals surface area contributed by atoms with Crippen LogP contribution in [0.5, 0.6) is 0 Å². The number of pyridine rings is 1. The van der Waals surface area contributed by atoms with Crippen molar-refractivity contribution in [2.24, 2.45) is 5.41 Å². The van der Waals surface area contributed by atoms with Crippen molar-refractivity contribution in [3.63, 3.8) is 0 Å². The molecule has 0 radical (unpaired) electrons. The molecule has 4 N–H and O–H groups in total. The van der Waals surface area contributed by atoms with E-state index in [0.29, 0.717) is 60.8 Å². The highest BCUT2D eigenvalue weighted by Gasteiger charge is 2.46. The maximum atomic E-state index is 13.5.